The molecule has 0 saturated heterocycles. The van der Waals surface area contributed by atoms with E-state index in [9.17, 15) is 9.90 Å². The molecular weight excluding hydrogens is 252 g/mol. The molecule has 0 saturated carbocycles. The highest BCUT2D eigenvalue weighted by atomic mass is 32.2. The minimum absolute atomic E-state index is 0.159. The summed E-state index contributed by atoms with van der Waals surface area (Å²) >= 11 is 1.08. The van der Waals surface area contributed by atoms with Crippen LogP contribution in [0.2, 0.25) is 0 Å². The van der Waals surface area contributed by atoms with Gasteiger partial charge in [0.25, 0.3) is 0 Å². The van der Waals surface area contributed by atoms with Crippen LogP contribution in [-0.4, -0.2) is 31.3 Å². The Kier molecular flexibility index (Phi) is 2.60. The standard InChI is InChI=1S/C11H8N4O2S/c16-9(17)5-18-11-10-14-12-6-15(10)8-4-2-1-3-7(8)13-11/h1-4,6H,5H2,(H,16,17)/p-1. The number of rotatable bonds is 3. The fraction of sp³-hybridized carbons (Fsp3) is 0.0909. The molecule has 90 valence electrons. The van der Waals surface area contributed by atoms with E-state index in [0.717, 1.165) is 22.8 Å². The van der Waals surface area contributed by atoms with Crippen molar-refractivity contribution in [2.24, 2.45) is 0 Å². The maximum absolute atomic E-state index is 10.5. The molecule has 0 aliphatic rings. The zero-order valence-corrected chi connectivity index (χ0v) is 9.92. The molecule has 0 radical (unpaired) electrons. The molecule has 6 nitrogen and oxygen atoms in total. The van der Waals surface area contributed by atoms with Gasteiger partial charge < -0.3 is 9.90 Å². The van der Waals surface area contributed by atoms with E-state index in [1.807, 2.05) is 24.3 Å². The molecule has 0 N–H and O–H groups in total. The second-order valence-electron chi connectivity index (χ2n) is 3.59. The molecule has 0 amide bonds. The number of nitrogens with zero attached hydrogens (tertiary/aromatic N) is 4. The highest BCUT2D eigenvalue weighted by molar-refractivity contribution is 8.00. The number of aromatic nitrogens is 4. The van der Waals surface area contributed by atoms with Gasteiger partial charge >= 0.3 is 0 Å². The lowest BCUT2D eigenvalue weighted by Crippen LogP contribution is -2.24. The molecule has 0 fully saturated rings. The van der Waals surface area contributed by atoms with Crippen LogP contribution in [0.3, 0.4) is 0 Å². The smallest absolute Gasteiger partial charge is 0.193 e. The molecule has 2 aromatic heterocycles. The van der Waals surface area contributed by atoms with E-state index in [1.54, 1.807) is 10.7 Å². The van der Waals surface area contributed by atoms with E-state index in [1.165, 1.54) is 0 Å². The first-order valence-corrected chi connectivity index (χ1v) is 6.15. The van der Waals surface area contributed by atoms with Crippen molar-refractivity contribution in [3.63, 3.8) is 0 Å². The van der Waals surface area contributed by atoms with E-state index < -0.39 is 5.97 Å². The number of carbonyl (C=O) groups excluding carboxylic acids is 1. The van der Waals surface area contributed by atoms with Crippen molar-refractivity contribution in [1.29, 1.82) is 0 Å². The third-order valence-corrected chi connectivity index (χ3v) is 3.36. The quantitative estimate of drug-likeness (QED) is 0.621. The molecule has 0 atom stereocenters. The Bertz CT molecular complexity index is 740. The molecular formula is C11H7N4O2S-. The maximum atomic E-state index is 10.5. The summed E-state index contributed by atoms with van der Waals surface area (Å²) in [5, 5.41) is 18.8. The Morgan fingerprint density at radius 2 is 2.22 bits per heavy atom. The highest BCUT2D eigenvalue weighted by Gasteiger charge is 2.10. The van der Waals surface area contributed by atoms with Crippen LogP contribution < -0.4 is 5.11 Å². The first-order valence-electron chi connectivity index (χ1n) is 5.17. The molecule has 0 aliphatic heterocycles. The van der Waals surface area contributed by atoms with Gasteiger partial charge in [0.1, 0.15) is 11.4 Å². The molecule has 0 bridgehead atoms. The molecule has 7 heteroatoms. The average Bonchev–Trinajstić information content (AvgIpc) is 2.85. The van der Waals surface area contributed by atoms with E-state index in [2.05, 4.69) is 15.2 Å². The molecule has 1 aromatic carbocycles. The maximum Gasteiger partial charge on any atom is 0.193 e. The van der Waals surface area contributed by atoms with Gasteiger partial charge in [-0.25, -0.2) is 4.98 Å². The second kappa shape index (κ2) is 4.26. The van der Waals surface area contributed by atoms with E-state index in [0.29, 0.717) is 10.7 Å². The molecule has 3 aromatic rings. The number of para-hydroxylation sites is 2. The summed E-state index contributed by atoms with van der Waals surface area (Å²) in [6.07, 6.45) is 1.59. The van der Waals surface area contributed by atoms with Crippen molar-refractivity contribution >= 4 is 34.4 Å². The van der Waals surface area contributed by atoms with Gasteiger partial charge in [0.05, 0.1) is 17.0 Å². The van der Waals surface area contributed by atoms with Gasteiger partial charge in [-0.3, -0.25) is 4.40 Å². The first kappa shape index (κ1) is 11.0. The molecule has 0 spiro atoms. The van der Waals surface area contributed by atoms with Gasteiger partial charge in [0.15, 0.2) is 5.65 Å². The summed E-state index contributed by atoms with van der Waals surface area (Å²) < 4.78 is 1.79. The lowest BCUT2D eigenvalue weighted by atomic mass is 10.3. The van der Waals surface area contributed by atoms with Gasteiger partial charge in [-0.2, -0.15) is 0 Å². The van der Waals surface area contributed by atoms with Crippen LogP contribution >= 0.6 is 11.8 Å². The largest absolute Gasteiger partial charge is 0.549 e. The van der Waals surface area contributed by atoms with Gasteiger partial charge in [-0.1, -0.05) is 23.9 Å². The summed E-state index contributed by atoms with van der Waals surface area (Å²) in [5.74, 6) is -1.29. The fourth-order valence-electron chi connectivity index (χ4n) is 1.70. The van der Waals surface area contributed by atoms with Gasteiger partial charge in [-0.15, -0.1) is 10.2 Å². The number of carboxylic acid groups (broad SMARTS) is 1. The van der Waals surface area contributed by atoms with Gasteiger partial charge in [0.2, 0.25) is 0 Å². The highest BCUT2D eigenvalue weighted by Crippen LogP contribution is 2.23. The molecule has 2 heterocycles. The van der Waals surface area contributed by atoms with Crippen LogP contribution in [0.25, 0.3) is 16.7 Å². The zero-order chi connectivity index (χ0) is 12.5. The van der Waals surface area contributed by atoms with Gasteiger partial charge in [-0.05, 0) is 12.1 Å². The summed E-state index contributed by atoms with van der Waals surface area (Å²) in [6.45, 7) is 0. The Morgan fingerprint density at radius 1 is 1.39 bits per heavy atom. The monoisotopic (exact) mass is 259 g/mol. The van der Waals surface area contributed by atoms with Crippen LogP contribution in [0.5, 0.6) is 0 Å². The van der Waals surface area contributed by atoms with Crippen molar-refractivity contribution in [2.45, 2.75) is 5.03 Å². The summed E-state index contributed by atoms with van der Waals surface area (Å²) in [7, 11) is 0. The minimum atomic E-state index is -1.13. The van der Waals surface area contributed by atoms with Crippen LogP contribution in [0.15, 0.2) is 35.6 Å². The van der Waals surface area contributed by atoms with Crippen molar-refractivity contribution < 1.29 is 9.90 Å². The number of fused-ring (bicyclic) bond motifs is 3. The van der Waals surface area contributed by atoms with E-state index in [-0.39, 0.29) is 5.75 Å². The van der Waals surface area contributed by atoms with Crippen LogP contribution in [0, 0.1) is 0 Å². The van der Waals surface area contributed by atoms with Crippen molar-refractivity contribution in [3.8, 4) is 0 Å². The van der Waals surface area contributed by atoms with E-state index >= 15 is 0 Å². The Hall–Kier alpha value is -2.15. The number of carboxylic acids is 1. The van der Waals surface area contributed by atoms with Crippen LogP contribution in [0.4, 0.5) is 0 Å². The number of carbonyl (C=O) groups is 1. The van der Waals surface area contributed by atoms with Gasteiger partial charge in [0, 0.05) is 5.75 Å². The number of benzene rings is 1. The predicted molar refractivity (Wildman–Crippen MR) is 64.0 cm³/mol. The molecule has 18 heavy (non-hydrogen) atoms. The lowest BCUT2D eigenvalue weighted by molar-refractivity contribution is -0.301. The van der Waals surface area contributed by atoms with Crippen molar-refractivity contribution in [3.05, 3.63) is 30.6 Å². The molecule has 0 unspecified atom stereocenters. The minimum Gasteiger partial charge on any atom is -0.549 e. The number of thioether (sulfide) groups is 1. The summed E-state index contributed by atoms with van der Waals surface area (Å²) in [5.41, 5.74) is 2.21. The van der Waals surface area contributed by atoms with Crippen molar-refractivity contribution in [1.82, 2.24) is 19.6 Å². The number of hydrogen-bond donors (Lipinski definition) is 0. The Labute approximate surface area is 106 Å². The lowest BCUT2D eigenvalue weighted by Gasteiger charge is -2.06. The van der Waals surface area contributed by atoms with Crippen molar-refractivity contribution in [2.75, 3.05) is 5.75 Å². The van der Waals surface area contributed by atoms with E-state index in [4.69, 9.17) is 0 Å². The molecule has 0 aliphatic carbocycles. The first-order chi connectivity index (χ1) is 8.75. The number of hydrogen-bond acceptors (Lipinski definition) is 6. The predicted octanol–water partition coefficient (Wildman–Crippen LogP) is 0.119. The zero-order valence-electron chi connectivity index (χ0n) is 9.11. The fourth-order valence-corrected chi connectivity index (χ4v) is 2.39. The Morgan fingerprint density at radius 3 is 3.06 bits per heavy atom. The SMILES string of the molecule is O=C([O-])CSc1nc2ccccc2n2cnnc12. The Balaban J connectivity index is 2.22. The normalized spacial score (nSPS) is 11.1. The third-order valence-electron chi connectivity index (χ3n) is 2.43. The van der Waals surface area contributed by atoms with Crippen LogP contribution in [-0.2, 0) is 4.79 Å². The average molecular weight is 259 g/mol. The van der Waals surface area contributed by atoms with Crippen LogP contribution in [0.1, 0.15) is 0 Å². The number of aliphatic carboxylic acids is 1. The third kappa shape index (κ3) is 1.78. The topological polar surface area (TPSA) is 83.2 Å². The molecule has 3 rings (SSSR count). The second-order valence-corrected chi connectivity index (χ2v) is 4.55. The summed E-state index contributed by atoms with van der Waals surface area (Å²) in [4.78, 5) is 14.9. The summed E-state index contributed by atoms with van der Waals surface area (Å²) in [6, 6.07) is 7.54.